The maximum absolute atomic E-state index is 12.3. The van der Waals surface area contributed by atoms with Crippen LogP contribution < -0.4 is 5.32 Å². The Kier molecular flexibility index (Phi) is 6.91. The zero-order valence-corrected chi connectivity index (χ0v) is 15.5. The zero-order valence-electron chi connectivity index (χ0n) is 14.7. The van der Waals surface area contributed by atoms with E-state index in [2.05, 4.69) is 17.2 Å². The number of nitrogens with zero attached hydrogens (tertiary/aromatic N) is 3. The second kappa shape index (κ2) is 8.71. The molecular weight excluding hydrogens is 328 g/mol. The second-order valence-corrected chi connectivity index (χ2v) is 7.43. The number of aliphatic imine (C=N–C) groups is 1. The number of thioether (sulfide) groups is 1. The first-order valence-corrected chi connectivity index (χ1v) is 9.67. The monoisotopic (exact) mass is 356 g/mol. The minimum atomic E-state index is -0.474. The van der Waals surface area contributed by atoms with E-state index in [9.17, 15) is 14.7 Å². The van der Waals surface area contributed by atoms with Gasteiger partial charge in [-0.1, -0.05) is 44.4 Å². The van der Waals surface area contributed by atoms with Crippen molar-refractivity contribution in [2.24, 2.45) is 4.99 Å². The summed E-state index contributed by atoms with van der Waals surface area (Å²) in [6.07, 6.45) is 4.80. The molecule has 3 unspecified atom stereocenters. The number of nitrogens with one attached hydrogen (secondary N) is 1. The predicted molar refractivity (Wildman–Crippen MR) is 95.9 cm³/mol. The molecule has 0 aromatic carbocycles. The van der Waals surface area contributed by atoms with E-state index in [-0.39, 0.29) is 5.91 Å². The van der Waals surface area contributed by atoms with Crippen molar-refractivity contribution in [3.63, 3.8) is 0 Å². The fraction of sp³-hybridized carbons (Fsp3) is 0.812. The first-order chi connectivity index (χ1) is 11.5. The van der Waals surface area contributed by atoms with E-state index < -0.39 is 24.3 Å². The molecule has 0 saturated carbocycles. The Labute approximate surface area is 147 Å². The summed E-state index contributed by atoms with van der Waals surface area (Å²) in [7, 11) is 1.66. The van der Waals surface area contributed by atoms with Crippen LogP contribution in [0.5, 0.6) is 0 Å². The number of carbonyl (C=O) groups excluding carboxylic acids is 2. The van der Waals surface area contributed by atoms with Crippen LogP contribution >= 0.6 is 11.8 Å². The summed E-state index contributed by atoms with van der Waals surface area (Å²) >= 11 is 1.45. The van der Waals surface area contributed by atoms with Gasteiger partial charge in [0.2, 0.25) is 0 Å². The fourth-order valence-electron chi connectivity index (χ4n) is 2.94. The number of unbranched alkanes of at least 4 members (excludes halogenated alkanes) is 4. The van der Waals surface area contributed by atoms with Crippen LogP contribution in [0.15, 0.2) is 4.99 Å². The van der Waals surface area contributed by atoms with Crippen LogP contribution in [0.25, 0.3) is 0 Å². The third kappa shape index (κ3) is 4.42. The molecule has 2 rings (SSSR count). The van der Waals surface area contributed by atoms with Crippen molar-refractivity contribution in [1.82, 2.24) is 15.1 Å². The third-order valence-corrected chi connectivity index (χ3v) is 5.53. The minimum absolute atomic E-state index is 0.284. The van der Waals surface area contributed by atoms with Crippen molar-refractivity contribution in [3.05, 3.63) is 0 Å². The number of carbonyl (C=O) groups is 2. The summed E-state index contributed by atoms with van der Waals surface area (Å²) in [6.45, 7) is 4.65. The Morgan fingerprint density at radius 1 is 1.29 bits per heavy atom. The van der Waals surface area contributed by atoms with Gasteiger partial charge < -0.3 is 14.9 Å². The molecule has 0 aliphatic carbocycles. The maximum Gasteiger partial charge on any atom is 0.325 e. The summed E-state index contributed by atoms with van der Waals surface area (Å²) in [5.74, 6) is 0.234. The minimum Gasteiger partial charge on any atom is -0.393 e. The van der Waals surface area contributed by atoms with Gasteiger partial charge >= 0.3 is 6.03 Å². The highest BCUT2D eigenvalue weighted by molar-refractivity contribution is 8.13. The average Bonchev–Trinajstić information content (AvgIpc) is 2.90. The van der Waals surface area contributed by atoms with Crippen LogP contribution in [0.2, 0.25) is 0 Å². The summed E-state index contributed by atoms with van der Waals surface area (Å²) in [4.78, 5) is 32.2. The smallest absolute Gasteiger partial charge is 0.325 e. The molecule has 3 atom stereocenters. The largest absolute Gasteiger partial charge is 0.393 e. The molecule has 0 radical (unpaired) electrons. The van der Waals surface area contributed by atoms with Gasteiger partial charge in [0.25, 0.3) is 5.91 Å². The van der Waals surface area contributed by atoms with Crippen LogP contribution in [0.4, 0.5) is 4.79 Å². The summed E-state index contributed by atoms with van der Waals surface area (Å²) in [6, 6.07) is -0.870. The van der Waals surface area contributed by atoms with Crippen LogP contribution in [-0.2, 0) is 4.79 Å². The molecule has 0 spiro atoms. The van der Waals surface area contributed by atoms with Gasteiger partial charge in [-0.25, -0.2) is 9.79 Å². The summed E-state index contributed by atoms with van der Waals surface area (Å²) < 4.78 is 0. The molecule has 2 aliphatic rings. The Morgan fingerprint density at radius 2 is 2.00 bits per heavy atom. The van der Waals surface area contributed by atoms with Crippen molar-refractivity contribution >= 4 is 28.9 Å². The van der Waals surface area contributed by atoms with Crippen LogP contribution in [0.1, 0.15) is 46.0 Å². The lowest BCUT2D eigenvalue weighted by Gasteiger charge is -2.36. The highest BCUT2D eigenvalue weighted by atomic mass is 32.2. The Bertz CT molecular complexity index is 498. The molecule has 8 heteroatoms. The number of urea groups is 1. The zero-order chi connectivity index (χ0) is 17.7. The van der Waals surface area contributed by atoms with E-state index in [0.717, 1.165) is 24.6 Å². The molecule has 7 nitrogen and oxygen atoms in total. The lowest BCUT2D eigenvalue weighted by molar-refractivity contribution is -0.127. The van der Waals surface area contributed by atoms with E-state index in [4.69, 9.17) is 0 Å². The van der Waals surface area contributed by atoms with E-state index in [0.29, 0.717) is 5.75 Å². The molecule has 2 aliphatic heterocycles. The molecule has 2 heterocycles. The number of amidine groups is 1. The number of aliphatic hydroxyl groups is 1. The number of likely N-dealkylation sites (N-methyl/N-ethyl adjacent to an activating group) is 1. The number of fused-ring (bicyclic) bond motifs is 1. The van der Waals surface area contributed by atoms with Crippen LogP contribution in [0, 0.1) is 0 Å². The van der Waals surface area contributed by atoms with Crippen LogP contribution in [0.3, 0.4) is 0 Å². The predicted octanol–water partition coefficient (Wildman–Crippen LogP) is 1.62. The average molecular weight is 356 g/mol. The van der Waals surface area contributed by atoms with Gasteiger partial charge in [0.15, 0.2) is 17.4 Å². The van der Waals surface area contributed by atoms with E-state index >= 15 is 0 Å². The van der Waals surface area contributed by atoms with E-state index in [1.807, 2.05) is 4.90 Å². The van der Waals surface area contributed by atoms with Crippen molar-refractivity contribution in [1.29, 1.82) is 0 Å². The van der Waals surface area contributed by atoms with Gasteiger partial charge in [0.05, 0.1) is 6.10 Å². The maximum atomic E-state index is 12.3. The quantitative estimate of drug-likeness (QED) is 0.646. The number of hydrogen-bond acceptors (Lipinski definition) is 6. The van der Waals surface area contributed by atoms with E-state index in [1.54, 1.807) is 14.0 Å². The standard InChI is InChI=1S/C16H28N4O3S/c1-4-5-6-7-8-9-20-12-13(17-16(20)24-10-11(2)21)19(3)15(23)18-14(12)22/h11-13,21H,4-10H2,1-3H3,(H,18,22,23). The van der Waals surface area contributed by atoms with Gasteiger partial charge in [-0.15, -0.1) is 0 Å². The number of amides is 3. The molecule has 1 saturated heterocycles. The number of imide groups is 1. The molecule has 0 aromatic rings. The highest BCUT2D eigenvalue weighted by Crippen LogP contribution is 2.29. The van der Waals surface area contributed by atoms with Gasteiger partial charge in [-0.05, 0) is 13.3 Å². The fourth-order valence-corrected chi connectivity index (χ4v) is 3.88. The number of rotatable bonds is 8. The molecule has 1 fully saturated rings. The van der Waals surface area contributed by atoms with Crippen molar-refractivity contribution in [3.8, 4) is 0 Å². The van der Waals surface area contributed by atoms with Crippen molar-refractivity contribution in [2.45, 2.75) is 64.3 Å². The normalized spacial score (nSPS) is 24.8. The molecule has 24 heavy (non-hydrogen) atoms. The number of aliphatic hydroxyl groups excluding tert-OH is 1. The van der Waals surface area contributed by atoms with Gasteiger partial charge in [0.1, 0.15) is 0 Å². The second-order valence-electron chi connectivity index (χ2n) is 6.44. The molecular formula is C16H28N4O3S. The topological polar surface area (TPSA) is 85.2 Å². The first kappa shape index (κ1) is 19.1. The van der Waals surface area contributed by atoms with Gasteiger partial charge in [-0.2, -0.15) is 0 Å². The van der Waals surface area contributed by atoms with Crippen molar-refractivity contribution < 1.29 is 14.7 Å². The highest BCUT2D eigenvalue weighted by Gasteiger charge is 2.48. The van der Waals surface area contributed by atoms with Gasteiger partial charge in [-0.3, -0.25) is 10.1 Å². The third-order valence-electron chi connectivity index (χ3n) is 4.28. The Hall–Kier alpha value is -1.28. The van der Waals surface area contributed by atoms with Crippen LogP contribution in [-0.4, -0.2) is 69.7 Å². The summed E-state index contributed by atoms with van der Waals surface area (Å²) in [5.41, 5.74) is 0. The molecule has 2 N–H and O–H groups in total. The lowest BCUT2D eigenvalue weighted by atomic mass is 10.1. The van der Waals surface area contributed by atoms with E-state index in [1.165, 1.54) is 35.9 Å². The Morgan fingerprint density at radius 3 is 2.67 bits per heavy atom. The first-order valence-electron chi connectivity index (χ1n) is 8.68. The number of hydrogen-bond donors (Lipinski definition) is 2. The molecule has 0 bridgehead atoms. The molecule has 136 valence electrons. The lowest BCUT2D eigenvalue weighted by Crippen LogP contribution is -2.63. The SMILES string of the molecule is CCCCCCCN1C(SCC(C)O)=NC2C1C(=O)NC(=O)N2C. The van der Waals surface area contributed by atoms with Gasteiger partial charge in [0, 0.05) is 19.3 Å². The molecule has 3 amide bonds. The summed E-state index contributed by atoms with van der Waals surface area (Å²) in [5, 5.41) is 12.7. The molecule has 0 aromatic heterocycles. The van der Waals surface area contributed by atoms with Crippen molar-refractivity contribution in [2.75, 3.05) is 19.3 Å². The Balaban J connectivity index is 2.06.